The first kappa shape index (κ1) is 21.1. The number of anilines is 1. The lowest BCUT2D eigenvalue weighted by Gasteiger charge is -2.25. The summed E-state index contributed by atoms with van der Waals surface area (Å²) in [6, 6.07) is 24.6. The van der Waals surface area contributed by atoms with Crippen LogP contribution < -0.4 is 10.1 Å². The molecule has 158 valence electrons. The van der Waals surface area contributed by atoms with Crippen molar-refractivity contribution in [3.05, 3.63) is 88.9 Å². The maximum atomic E-state index is 12.7. The van der Waals surface area contributed by atoms with Gasteiger partial charge >= 0.3 is 0 Å². The molecule has 0 aliphatic carbocycles. The average molecular weight is 479 g/mol. The number of hydrogen-bond donors (Lipinski definition) is 1. The number of likely N-dealkylation sites (tertiary alicyclic amines) is 1. The van der Waals surface area contributed by atoms with Crippen LogP contribution in [0.3, 0.4) is 0 Å². The summed E-state index contributed by atoms with van der Waals surface area (Å²) >= 11 is 3.40. The highest BCUT2D eigenvalue weighted by atomic mass is 79.9. The predicted octanol–water partition coefficient (Wildman–Crippen LogP) is 5.79. The highest BCUT2D eigenvalue weighted by Gasteiger charge is 2.37. The summed E-state index contributed by atoms with van der Waals surface area (Å²) in [4.78, 5) is 27.1. The summed E-state index contributed by atoms with van der Waals surface area (Å²) in [5.74, 6) is 0.918. The molecule has 0 bridgehead atoms. The Bertz CT molecular complexity index is 1050. The number of amides is 2. The first-order chi connectivity index (χ1) is 15.0. The zero-order chi connectivity index (χ0) is 21.8. The Kier molecular flexibility index (Phi) is 6.37. The minimum absolute atomic E-state index is 0.00903. The van der Waals surface area contributed by atoms with E-state index >= 15 is 0 Å². The molecule has 31 heavy (non-hydrogen) atoms. The smallest absolute Gasteiger partial charge is 0.229 e. The summed E-state index contributed by atoms with van der Waals surface area (Å²) in [6.07, 6.45) is 0.230. The maximum Gasteiger partial charge on any atom is 0.229 e. The highest BCUT2D eigenvalue weighted by Crippen LogP contribution is 2.30. The summed E-state index contributed by atoms with van der Waals surface area (Å²) in [7, 11) is 0. The molecule has 1 N–H and O–H groups in total. The van der Waals surface area contributed by atoms with Crippen LogP contribution in [-0.2, 0) is 9.59 Å². The van der Waals surface area contributed by atoms with Crippen LogP contribution in [0.15, 0.2) is 83.3 Å². The van der Waals surface area contributed by atoms with Crippen molar-refractivity contribution < 1.29 is 14.3 Å². The number of hydrogen-bond acceptors (Lipinski definition) is 3. The molecule has 1 saturated heterocycles. The fourth-order valence-electron chi connectivity index (χ4n) is 3.68. The Morgan fingerprint density at radius 1 is 1.00 bits per heavy atom. The zero-order valence-electron chi connectivity index (χ0n) is 17.1. The van der Waals surface area contributed by atoms with Crippen molar-refractivity contribution in [1.29, 1.82) is 0 Å². The van der Waals surface area contributed by atoms with Crippen LogP contribution in [0.25, 0.3) is 0 Å². The largest absolute Gasteiger partial charge is 0.457 e. The Morgan fingerprint density at radius 3 is 2.26 bits per heavy atom. The van der Waals surface area contributed by atoms with E-state index < -0.39 is 0 Å². The van der Waals surface area contributed by atoms with E-state index in [1.165, 1.54) is 0 Å². The molecular weight excluding hydrogens is 456 g/mol. The van der Waals surface area contributed by atoms with Crippen LogP contribution >= 0.6 is 15.9 Å². The van der Waals surface area contributed by atoms with Gasteiger partial charge in [-0.3, -0.25) is 9.59 Å². The monoisotopic (exact) mass is 478 g/mol. The van der Waals surface area contributed by atoms with Crippen molar-refractivity contribution in [1.82, 2.24) is 4.90 Å². The van der Waals surface area contributed by atoms with E-state index in [2.05, 4.69) is 21.2 Å². The van der Waals surface area contributed by atoms with Crippen molar-refractivity contribution in [2.24, 2.45) is 5.92 Å². The predicted molar refractivity (Wildman–Crippen MR) is 124 cm³/mol. The Labute approximate surface area is 190 Å². The van der Waals surface area contributed by atoms with Gasteiger partial charge in [-0.2, -0.15) is 0 Å². The average Bonchev–Trinajstić information content (AvgIpc) is 3.18. The van der Waals surface area contributed by atoms with E-state index in [9.17, 15) is 9.59 Å². The molecule has 3 aromatic carbocycles. The molecule has 4 rings (SSSR count). The number of halogens is 1. The van der Waals surface area contributed by atoms with E-state index in [0.717, 1.165) is 15.8 Å². The van der Waals surface area contributed by atoms with E-state index in [0.29, 0.717) is 18.0 Å². The zero-order valence-corrected chi connectivity index (χ0v) is 18.7. The summed E-state index contributed by atoms with van der Waals surface area (Å²) in [6.45, 7) is 2.42. The van der Waals surface area contributed by atoms with E-state index in [1.54, 1.807) is 29.2 Å². The van der Waals surface area contributed by atoms with E-state index in [1.807, 2.05) is 61.5 Å². The van der Waals surface area contributed by atoms with Crippen LogP contribution in [0, 0.1) is 5.92 Å². The minimum Gasteiger partial charge on any atom is -0.457 e. The first-order valence-electron chi connectivity index (χ1n) is 10.2. The number of benzene rings is 3. The second-order valence-electron chi connectivity index (χ2n) is 7.60. The molecule has 6 heteroatoms. The quantitative estimate of drug-likeness (QED) is 0.487. The van der Waals surface area contributed by atoms with Gasteiger partial charge in [0.1, 0.15) is 11.5 Å². The standard InChI is InChI=1S/C25H23BrN2O3/c1-17(18-5-3-2-4-6-18)28-16-19(15-24(28)29)25(30)27-21-9-13-23(14-10-21)31-22-11-7-20(26)8-12-22/h2-14,17,19H,15-16H2,1H3,(H,27,30)/t17-,19-/m1/s1. The number of carbonyl (C=O) groups is 2. The maximum absolute atomic E-state index is 12.7. The molecule has 2 amide bonds. The van der Waals surface area contributed by atoms with E-state index in [4.69, 9.17) is 4.74 Å². The van der Waals surface area contributed by atoms with Gasteiger partial charge in [-0.25, -0.2) is 0 Å². The number of nitrogens with zero attached hydrogens (tertiary/aromatic N) is 1. The molecule has 0 aromatic heterocycles. The number of rotatable bonds is 6. The van der Waals surface area contributed by atoms with Crippen molar-refractivity contribution in [2.75, 3.05) is 11.9 Å². The third kappa shape index (κ3) is 5.14. The van der Waals surface area contributed by atoms with Crippen LogP contribution in [0.2, 0.25) is 0 Å². The first-order valence-corrected chi connectivity index (χ1v) is 11.0. The van der Waals surface area contributed by atoms with Crippen molar-refractivity contribution in [3.8, 4) is 11.5 Å². The van der Waals surface area contributed by atoms with Gasteiger partial charge in [0.15, 0.2) is 0 Å². The lowest BCUT2D eigenvalue weighted by molar-refractivity contribution is -0.129. The molecule has 0 radical (unpaired) electrons. The second kappa shape index (κ2) is 9.35. The van der Waals surface area contributed by atoms with Crippen LogP contribution in [0.4, 0.5) is 5.69 Å². The molecule has 1 fully saturated rings. The van der Waals surface area contributed by atoms with Gasteiger partial charge in [-0.05, 0) is 61.0 Å². The molecule has 1 aliphatic rings. The van der Waals surface area contributed by atoms with Crippen LogP contribution in [0.5, 0.6) is 11.5 Å². The minimum atomic E-state index is -0.364. The molecule has 2 atom stereocenters. The van der Waals surface area contributed by atoms with Crippen LogP contribution in [-0.4, -0.2) is 23.3 Å². The van der Waals surface area contributed by atoms with Crippen molar-refractivity contribution >= 4 is 33.4 Å². The third-order valence-electron chi connectivity index (χ3n) is 5.45. The number of carbonyl (C=O) groups excluding carboxylic acids is 2. The fourth-order valence-corrected chi connectivity index (χ4v) is 3.95. The highest BCUT2D eigenvalue weighted by molar-refractivity contribution is 9.10. The Hall–Kier alpha value is -3.12. The van der Waals surface area contributed by atoms with Gasteiger partial charge in [0, 0.05) is 23.1 Å². The fraction of sp³-hybridized carbons (Fsp3) is 0.200. The van der Waals surface area contributed by atoms with Gasteiger partial charge in [-0.15, -0.1) is 0 Å². The van der Waals surface area contributed by atoms with Gasteiger partial charge in [-0.1, -0.05) is 46.3 Å². The van der Waals surface area contributed by atoms with E-state index in [-0.39, 0.29) is 30.2 Å². The van der Waals surface area contributed by atoms with Crippen molar-refractivity contribution in [2.45, 2.75) is 19.4 Å². The van der Waals surface area contributed by atoms with Gasteiger partial charge in [0.05, 0.1) is 12.0 Å². The molecule has 3 aromatic rings. The molecule has 0 saturated carbocycles. The summed E-state index contributed by atoms with van der Waals surface area (Å²) in [5, 5.41) is 2.92. The Balaban J connectivity index is 1.35. The summed E-state index contributed by atoms with van der Waals surface area (Å²) in [5.41, 5.74) is 1.74. The number of ether oxygens (including phenoxy) is 1. The number of nitrogens with one attached hydrogen (secondary N) is 1. The second-order valence-corrected chi connectivity index (χ2v) is 8.52. The molecule has 0 spiro atoms. The lowest BCUT2D eigenvalue weighted by Crippen LogP contribution is -2.30. The molecular formula is C25H23BrN2O3. The normalized spacial score (nSPS) is 16.8. The molecule has 1 heterocycles. The van der Waals surface area contributed by atoms with Gasteiger partial charge < -0.3 is 15.0 Å². The van der Waals surface area contributed by atoms with Gasteiger partial charge in [0.25, 0.3) is 0 Å². The topological polar surface area (TPSA) is 58.6 Å². The van der Waals surface area contributed by atoms with Gasteiger partial charge in [0.2, 0.25) is 11.8 Å². The van der Waals surface area contributed by atoms with Crippen molar-refractivity contribution in [3.63, 3.8) is 0 Å². The third-order valence-corrected chi connectivity index (χ3v) is 5.98. The molecule has 5 nitrogen and oxygen atoms in total. The van der Waals surface area contributed by atoms with Crippen LogP contribution in [0.1, 0.15) is 24.9 Å². The molecule has 0 unspecified atom stereocenters. The summed E-state index contributed by atoms with van der Waals surface area (Å²) < 4.78 is 6.79. The molecule has 1 aliphatic heterocycles. The SMILES string of the molecule is C[C@H](c1ccccc1)N1C[C@H](C(=O)Nc2ccc(Oc3ccc(Br)cc3)cc2)CC1=O. The lowest BCUT2D eigenvalue weighted by atomic mass is 10.1. The Morgan fingerprint density at radius 2 is 1.61 bits per heavy atom.